The number of thiophene rings is 1. The lowest BCUT2D eigenvalue weighted by Gasteiger charge is -2.06. The number of aromatic nitrogens is 2. The fourth-order valence-corrected chi connectivity index (χ4v) is 3.67. The molecule has 0 saturated carbocycles. The van der Waals surface area contributed by atoms with Crippen molar-refractivity contribution in [1.29, 1.82) is 0 Å². The minimum absolute atomic E-state index is 0.0453. The Bertz CT molecular complexity index is 650. The molecule has 1 N–H and O–H groups in total. The zero-order valence-electron chi connectivity index (χ0n) is 10.5. The van der Waals surface area contributed by atoms with Crippen LogP contribution in [0.4, 0.5) is 0 Å². The van der Waals surface area contributed by atoms with Gasteiger partial charge >= 0.3 is 0 Å². The Morgan fingerprint density at radius 2 is 2.05 bits per heavy atom. The van der Waals surface area contributed by atoms with Gasteiger partial charge in [-0.05, 0) is 23.9 Å². The molecule has 0 aromatic carbocycles. The maximum absolute atomic E-state index is 12.1. The van der Waals surface area contributed by atoms with E-state index in [9.17, 15) is 8.42 Å². The second kappa shape index (κ2) is 5.64. The molecule has 0 aliphatic rings. The van der Waals surface area contributed by atoms with E-state index in [-0.39, 0.29) is 10.8 Å². The second-order valence-electron chi connectivity index (χ2n) is 3.78. The van der Waals surface area contributed by atoms with E-state index in [2.05, 4.69) is 14.7 Å². The monoisotopic (exact) mass is 299 g/mol. The average molecular weight is 299 g/mol. The third kappa shape index (κ3) is 3.28. The minimum Gasteiger partial charge on any atom is -0.494 e. The lowest BCUT2D eigenvalue weighted by molar-refractivity contribution is 0.406. The van der Waals surface area contributed by atoms with E-state index in [4.69, 9.17) is 4.74 Å². The van der Waals surface area contributed by atoms with E-state index < -0.39 is 10.0 Å². The summed E-state index contributed by atoms with van der Waals surface area (Å²) in [5.74, 6) is 0.757. The Kier molecular flexibility index (Phi) is 4.13. The highest BCUT2D eigenvalue weighted by atomic mass is 32.2. The van der Waals surface area contributed by atoms with Crippen LogP contribution in [0, 0.1) is 6.92 Å². The summed E-state index contributed by atoms with van der Waals surface area (Å²) in [7, 11) is -2.17. The number of rotatable bonds is 5. The summed E-state index contributed by atoms with van der Waals surface area (Å²) in [5, 5.41) is 1.66. The first-order valence-electron chi connectivity index (χ1n) is 5.41. The lowest BCUT2D eigenvalue weighted by Crippen LogP contribution is -2.23. The predicted molar refractivity (Wildman–Crippen MR) is 71.7 cm³/mol. The molecule has 0 amide bonds. The summed E-state index contributed by atoms with van der Waals surface area (Å²) >= 11 is 1.10. The van der Waals surface area contributed by atoms with Crippen molar-refractivity contribution >= 4 is 21.4 Å². The molecule has 0 aliphatic carbocycles. The van der Waals surface area contributed by atoms with Gasteiger partial charge in [-0.3, -0.25) is 0 Å². The van der Waals surface area contributed by atoms with Crippen LogP contribution in [-0.4, -0.2) is 25.5 Å². The number of nitrogens with zero attached hydrogens (tertiary/aromatic N) is 2. The minimum atomic E-state index is -3.60. The summed E-state index contributed by atoms with van der Waals surface area (Å²) < 4.78 is 31.8. The molecule has 0 radical (unpaired) electrons. The van der Waals surface area contributed by atoms with Crippen LogP contribution in [0.3, 0.4) is 0 Å². The van der Waals surface area contributed by atoms with Crippen LogP contribution in [-0.2, 0) is 16.6 Å². The molecule has 2 heterocycles. The molecular weight excluding hydrogens is 286 g/mol. The Hall–Kier alpha value is -1.51. The Balaban J connectivity index is 2.12. The molecule has 0 aliphatic heterocycles. The van der Waals surface area contributed by atoms with Gasteiger partial charge in [-0.15, -0.1) is 11.3 Å². The topological polar surface area (TPSA) is 81.2 Å². The number of sulfonamides is 1. The molecule has 2 aromatic heterocycles. The highest BCUT2D eigenvalue weighted by Gasteiger charge is 2.21. The summed E-state index contributed by atoms with van der Waals surface area (Å²) in [4.78, 5) is 8.08. The molecule has 8 heteroatoms. The van der Waals surface area contributed by atoms with Gasteiger partial charge in [0.2, 0.25) is 0 Å². The zero-order chi connectivity index (χ0) is 13.9. The summed E-state index contributed by atoms with van der Waals surface area (Å²) in [5.41, 5.74) is 0.923. The van der Waals surface area contributed by atoms with E-state index in [1.807, 2.05) is 6.92 Å². The molecule has 0 unspecified atom stereocenters. The third-order valence-electron chi connectivity index (χ3n) is 2.31. The van der Waals surface area contributed by atoms with Crippen molar-refractivity contribution in [2.45, 2.75) is 17.7 Å². The van der Waals surface area contributed by atoms with Crippen LogP contribution in [0.1, 0.15) is 11.4 Å². The van der Waals surface area contributed by atoms with Crippen LogP contribution in [0.5, 0.6) is 5.75 Å². The van der Waals surface area contributed by atoms with Gasteiger partial charge in [0.1, 0.15) is 11.6 Å². The Morgan fingerprint density at radius 1 is 1.37 bits per heavy atom. The first-order chi connectivity index (χ1) is 9.03. The maximum atomic E-state index is 12.1. The van der Waals surface area contributed by atoms with Crippen molar-refractivity contribution in [3.63, 3.8) is 0 Å². The predicted octanol–water partition coefficient (Wildman–Crippen LogP) is 1.33. The molecule has 19 heavy (non-hydrogen) atoms. The molecule has 102 valence electrons. The van der Waals surface area contributed by atoms with E-state index in [1.54, 1.807) is 23.8 Å². The molecule has 0 atom stereocenters. The van der Waals surface area contributed by atoms with Crippen molar-refractivity contribution in [3.05, 3.63) is 35.2 Å². The van der Waals surface area contributed by atoms with Gasteiger partial charge in [-0.25, -0.2) is 23.1 Å². The van der Waals surface area contributed by atoms with E-state index in [0.717, 1.165) is 16.9 Å². The van der Waals surface area contributed by atoms with Crippen LogP contribution in [0.2, 0.25) is 0 Å². The molecule has 2 aromatic rings. The van der Waals surface area contributed by atoms with Crippen LogP contribution >= 0.6 is 11.3 Å². The normalized spacial score (nSPS) is 11.5. The highest BCUT2D eigenvalue weighted by molar-refractivity contribution is 7.91. The fraction of sp³-hybridized carbons (Fsp3) is 0.273. The smallest absolute Gasteiger partial charge is 0.254 e. The lowest BCUT2D eigenvalue weighted by atomic mass is 10.4. The second-order valence-corrected chi connectivity index (χ2v) is 6.66. The molecule has 0 bridgehead atoms. The summed E-state index contributed by atoms with van der Waals surface area (Å²) in [6.07, 6.45) is 3.28. The van der Waals surface area contributed by atoms with Gasteiger partial charge in [-0.1, -0.05) is 0 Å². The molecule has 0 spiro atoms. The molecular formula is C11H13N3O3S2. The molecule has 0 saturated heterocycles. The number of nitrogens with one attached hydrogen (secondary N) is 1. The first kappa shape index (κ1) is 13.9. The number of methoxy groups -OCH3 is 1. The SMILES string of the molecule is COc1ccsc1S(=O)(=O)NCc1ncc(C)cn1. The van der Waals surface area contributed by atoms with Gasteiger partial charge in [0.25, 0.3) is 10.0 Å². The summed E-state index contributed by atoms with van der Waals surface area (Å²) in [6.45, 7) is 1.91. The number of hydrogen-bond acceptors (Lipinski definition) is 6. The van der Waals surface area contributed by atoms with E-state index in [0.29, 0.717) is 11.6 Å². The van der Waals surface area contributed by atoms with Crippen LogP contribution in [0.15, 0.2) is 28.0 Å². The van der Waals surface area contributed by atoms with Crippen molar-refractivity contribution < 1.29 is 13.2 Å². The van der Waals surface area contributed by atoms with Gasteiger partial charge in [-0.2, -0.15) is 0 Å². The van der Waals surface area contributed by atoms with Gasteiger partial charge in [0, 0.05) is 12.4 Å². The number of ether oxygens (including phenoxy) is 1. The fourth-order valence-electron chi connectivity index (χ4n) is 1.37. The van der Waals surface area contributed by atoms with Gasteiger partial charge in [0.15, 0.2) is 4.21 Å². The standard InChI is InChI=1S/C11H13N3O3S2/c1-8-5-12-10(13-6-8)7-14-19(15,16)11-9(17-2)3-4-18-11/h3-6,14H,7H2,1-2H3. The molecule has 0 fully saturated rings. The van der Waals surface area contributed by atoms with Crippen molar-refractivity contribution in [2.75, 3.05) is 7.11 Å². The largest absolute Gasteiger partial charge is 0.494 e. The number of aryl methyl sites for hydroxylation is 1. The van der Waals surface area contributed by atoms with E-state index >= 15 is 0 Å². The Labute approximate surface area is 115 Å². The molecule has 6 nitrogen and oxygen atoms in total. The average Bonchev–Trinajstić information content (AvgIpc) is 2.87. The van der Waals surface area contributed by atoms with Crippen LogP contribution in [0.25, 0.3) is 0 Å². The van der Waals surface area contributed by atoms with Gasteiger partial charge < -0.3 is 4.74 Å². The van der Waals surface area contributed by atoms with Crippen molar-refractivity contribution in [2.24, 2.45) is 0 Å². The summed E-state index contributed by atoms with van der Waals surface area (Å²) in [6, 6.07) is 1.61. The van der Waals surface area contributed by atoms with E-state index in [1.165, 1.54) is 7.11 Å². The van der Waals surface area contributed by atoms with Crippen molar-refractivity contribution in [3.8, 4) is 5.75 Å². The third-order valence-corrected chi connectivity index (χ3v) is 5.16. The number of hydrogen-bond donors (Lipinski definition) is 1. The maximum Gasteiger partial charge on any atom is 0.254 e. The first-order valence-corrected chi connectivity index (χ1v) is 7.78. The Morgan fingerprint density at radius 3 is 2.68 bits per heavy atom. The highest BCUT2D eigenvalue weighted by Crippen LogP contribution is 2.29. The van der Waals surface area contributed by atoms with Crippen molar-refractivity contribution in [1.82, 2.24) is 14.7 Å². The molecule has 2 rings (SSSR count). The quantitative estimate of drug-likeness (QED) is 0.901. The van der Waals surface area contributed by atoms with Crippen LogP contribution < -0.4 is 9.46 Å². The van der Waals surface area contributed by atoms with Gasteiger partial charge in [0.05, 0.1) is 13.7 Å². The zero-order valence-corrected chi connectivity index (χ0v) is 12.1.